The Balaban J connectivity index is 1.65. The molecule has 4 rings (SSSR count). The zero-order chi connectivity index (χ0) is 21.5. The molecular weight excluding hydrogens is 400 g/mol. The molecule has 0 aliphatic carbocycles. The number of anilines is 1. The van der Waals surface area contributed by atoms with Crippen molar-refractivity contribution in [3.05, 3.63) is 83.4 Å². The van der Waals surface area contributed by atoms with E-state index >= 15 is 0 Å². The minimum absolute atomic E-state index is 0.169. The van der Waals surface area contributed by atoms with Crippen LogP contribution in [-0.4, -0.2) is 36.2 Å². The van der Waals surface area contributed by atoms with Crippen LogP contribution in [0.5, 0.6) is 0 Å². The molecule has 1 N–H and O–H groups in total. The summed E-state index contributed by atoms with van der Waals surface area (Å²) in [6.07, 6.45) is 5.32. The Morgan fingerprint density at radius 3 is 2.57 bits per heavy atom. The number of aromatic nitrogens is 2. The second kappa shape index (κ2) is 7.60. The lowest BCUT2D eigenvalue weighted by Gasteiger charge is -2.22. The number of nitrogens with zero attached hydrogens (tertiary/aromatic N) is 3. The van der Waals surface area contributed by atoms with Gasteiger partial charge >= 0.3 is 0 Å². The first kappa shape index (κ1) is 20.2. The molecule has 3 aromatic rings. The van der Waals surface area contributed by atoms with Gasteiger partial charge in [-0.15, -0.1) is 0 Å². The summed E-state index contributed by atoms with van der Waals surface area (Å²) in [5, 5.41) is 3.08. The van der Waals surface area contributed by atoms with E-state index in [1.807, 2.05) is 55.1 Å². The number of imidazole rings is 1. The molecule has 0 spiro atoms. The van der Waals surface area contributed by atoms with Gasteiger partial charge in [-0.3, -0.25) is 9.10 Å². The van der Waals surface area contributed by atoms with Crippen LogP contribution in [0, 0.1) is 0 Å². The number of hydrogen-bond acceptors (Lipinski definition) is 4. The topological polar surface area (TPSA) is 84.3 Å². The van der Waals surface area contributed by atoms with Crippen molar-refractivity contribution >= 4 is 21.6 Å². The van der Waals surface area contributed by atoms with Gasteiger partial charge in [-0.2, -0.15) is 0 Å². The van der Waals surface area contributed by atoms with Crippen LogP contribution in [0.15, 0.2) is 60.9 Å². The fraction of sp³-hybridized carbons (Fsp3) is 0.273. The fourth-order valence-corrected chi connectivity index (χ4v) is 5.33. The van der Waals surface area contributed by atoms with E-state index < -0.39 is 16.1 Å². The monoisotopic (exact) mass is 424 g/mol. The third kappa shape index (κ3) is 3.70. The lowest BCUT2D eigenvalue weighted by atomic mass is 10.0. The molecule has 0 saturated carbocycles. The molecule has 7 nitrogen and oxygen atoms in total. The van der Waals surface area contributed by atoms with Crippen LogP contribution in [0.25, 0.3) is 0 Å². The minimum Gasteiger partial charge on any atom is -0.338 e. The Morgan fingerprint density at radius 1 is 1.20 bits per heavy atom. The van der Waals surface area contributed by atoms with E-state index in [2.05, 4.69) is 10.3 Å². The summed E-state index contributed by atoms with van der Waals surface area (Å²) >= 11 is 0. The van der Waals surface area contributed by atoms with Gasteiger partial charge in [-0.1, -0.05) is 30.3 Å². The van der Waals surface area contributed by atoms with E-state index in [1.54, 1.807) is 24.4 Å². The number of amides is 1. The van der Waals surface area contributed by atoms with Gasteiger partial charge in [0.1, 0.15) is 11.9 Å². The van der Waals surface area contributed by atoms with Gasteiger partial charge in [0, 0.05) is 31.0 Å². The Bertz CT molecular complexity index is 1190. The Hall–Kier alpha value is -3.13. The number of carbonyl (C=O) groups is 1. The fourth-order valence-electron chi connectivity index (χ4n) is 4.06. The predicted molar refractivity (Wildman–Crippen MR) is 116 cm³/mol. The van der Waals surface area contributed by atoms with E-state index in [0.717, 1.165) is 17.0 Å². The van der Waals surface area contributed by atoms with E-state index in [4.69, 9.17) is 0 Å². The van der Waals surface area contributed by atoms with Crippen molar-refractivity contribution in [1.29, 1.82) is 0 Å². The van der Waals surface area contributed by atoms with Crippen molar-refractivity contribution in [3.63, 3.8) is 0 Å². The number of hydrogen-bond donors (Lipinski definition) is 1. The predicted octanol–water partition coefficient (Wildman–Crippen LogP) is 2.65. The minimum atomic E-state index is -3.37. The molecule has 1 aliphatic heterocycles. The van der Waals surface area contributed by atoms with Gasteiger partial charge in [-0.25, -0.2) is 13.4 Å². The third-order valence-electron chi connectivity index (χ3n) is 5.38. The van der Waals surface area contributed by atoms with Crippen LogP contribution in [0.2, 0.25) is 0 Å². The lowest BCUT2D eigenvalue weighted by Crippen LogP contribution is -2.34. The van der Waals surface area contributed by atoms with Crippen molar-refractivity contribution in [2.75, 3.05) is 10.6 Å². The number of sulfonamides is 1. The second-order valence-electron chi connectivity index (χ2n) is 7.67. The van der Waals surface area contributed by atoms with Crippen LogP contribution in [0.3, 0.4) is 0 Å². The smallest absolute Gasteiger partial charge is 0.252 e. The highest BCUT2D eigenvalue weighted by molar-refractivity contribution is 7.92. The number of carbonyl (C=O) groups excluding carboxylic acids is 1. The van der Waals surface area contributed by atoms with E-state index in [1.165, 1.54) is 10.6 Å². The van der Waals surface area contributed by atoms with Crippen molar-refractivity contribution in [2.24, 2.45) is 7.05 Å². The standard InChI is InChI=1S/C22H24N4O3S/c1-15-13-18-14-17(9-10-19(18)26(15)30(3,28)29)22(27)24-20(16-7-5-4-6-8-16)21-23-11-12-25(21)2/h4-12,14-15,20H,13H2,1-3H3,(H,24,27)/t15-,20+/m0/s1. The average molecular weight is 425 g/mol. The maximum absolute atomic E-state index is 13.1. The molecule has 0 bridgehead atoms. The summed E-state index contributed by atoms with van der Waals surface area (Å²) in [4.78, 5) is 17.5. The molecule has 0 saturated heterocycles. The molecule has 1 aliphatic rings. The largest absolute Gasteiger partial charge is 0.338 e. The SMILES string of the molecule is C[C@H]1Cc2cc(C(=O)N[C@H](c3ccccc3)c3nccn3C)ccc2N1S(C)(=O)=O. The molecule has 0 radical (unpaired) electrons. The molecule has 30 heavy (non-hydrogen) atoms. The Kier molecular flexibility index (Phi) is 5.11. The van der Waals surface area contributed by atoms with Crippen molar-refractivity contribution in [1.82, 2.24) is 14.9 Å². The summed E-state index contributed by atoms with van der Waals surface area (Å²) in [5.41, 5.74) is 2.92. The summed E-state index contributed by atoms with van der Waals surface area (Å²) in [6, 6.07) is 14.3. The van der Waals surface area contributed by atoms with Crippen LogP contribution in [0.4, 0.5) is 5.69 Å². The summed E-state index contributed by atoms with van der Waals surface area (Å²) < 4.78 is 27.6. The first-order chi connectivity index (χ1) is 14.3. The number of aryl methyl sites for hydroxylation is 1. The molecule has 1 amide bonds. The Labute approximate surface area is 176 Å². The third-order valence-corrected chi connectivity index (χ3v) is 6.65. The van der Waals surface area contributed by atoms with Gasteiger partial charge in [0.2, 0.25) is 10.0 Å². The molecule has 8 heteroatoms. The molecule has 2 aromatic carbocycles. The van der Waals surface area contributed by atoms with Gasteiger partial charge in [0.15, 0.2) is 0 Å². The van der Waals surface area contributed by atoms with Crippen LogP contribution >= 0.6 is 0 Å². The van der Waals surface area contributed by atoms with Crippen molar-refractivity contribution in [3.8, 4) is 0 Å². The number of fused-ring (bicyclic) bond motifs is 1. The second-order valence-corrected chi connectivity index (χ2v) is 9.53. The summed E-state index contributed by atoms with van der Waals surface area (Å²) in [7, 11) is -1.48. The van der Waals surface area contributed by atoms with Crippen LogP contribution in [0.1, 0.15) is 40.3 Å². The average Bonchev–Trinajstić information content (AvgIpc) is 3.27. The molecule has 0 fully saturated rings. The van der Waals surface area contributed by atoms with E-state index in [9.17, 15) is 13.2 Å². The molecule has 0 unspecified atom stereocenters. The van der Waals surface area contributed by atoms with E-state index in [-0.39, 0.29) is 11.9 Å². The van der Waals surface area contributed by atoms with Gasteiger partial charge in [0.05, 0.1) is 11.9 Å². The zero-order valence-corrected chi connectivity index (χ0v) is 17.9. The highest BCUT2D eigenvalue weighted by atomic mass is 32.2. The van der Waals surface area contributed by atoms with Crippen molar-refractivity contribution < 1.29 is 13.2 Å². The molecule has 1 aromatic heterocycles. The Morgan fingerprint density at radius 2 is 1.93 bits per heavy atom. The molecule has 156 valence electrons. The molecular formula is C22H24N4O3S. The van der Waals surface area contributed by atoms with Gasteiger partial charge in [0.25, 0.3) is 5.91 Å². The molecule has 2 heterocycles. The number of nitrogens with one attached hydrogen (secondary N) is 1. The normalized spacial score (nSPS) is 16.9. The summed E-state index contributed by atoms with van der Waals surface area (Å²) in [6.45, 7) is 1.87. The summed E-state index contributed by atoms with van der Waals surface area (Å²) in [5.74, 6) is 0.493. The highest BCUT2D eigenvalue weighted by Gasteiger charge is 2.33. The number of benzene rings is 2. The highest BCUT2D eigenvalue weighted by Crippen LogP contribution is 2.35. The quantitative estimate of drug-likeness (QED) is 0.682. The zero-order valence-electron chi connectivity index (χ0n) is 17.1. The van der Waals surface area contributed by atoms with Gasteiger partial charge in [-0.05, 0) is 42.7 Å². The van der Waals surface area contributed by atoms with E-state index in [0.29, 0.717) is 17.7 Å². The maximum Gasteiger partial charge on any atom is 0.252 e. The first-order valence-corrected chi connectivity index (χ1v) is 11.6. The van der Waals surface area contributed by atoms with Gasteiger partial charge < -0.3 is 9.88 Å². The number of rotatable bonds is 5. The van der Waals surface area contributed by atoms with Crippen LogP contribution < -0.4 is 9.62 Å². The molecule has 2 atom stereocenters. The maximum atomic E-state index is 13.1. The lowest BCUT2D eigenvalue weighted by molar-refractivity contribution is 0.0941. The van der Waals surface area contributed by atoms with Crippen LogP contribution in [-0.2, 0) is 23.5 Å². The van der Waals surface area contributed by atoms with Crippen molar-refractivity contribution in [2.45, 2.75) is 25.4 Å². The first-order valence-electron chi connectivity index (χ1n) is 9.71.